The van der Waals surface area contributed by atoms with Gasteiger partial charge in [-0.1, -0.05) is 0 Å². The molecule has 0 unspecified atom stereocenters. The van der Waals surface area contributed by atoms with Gasteiger partial charge in [-0.15, -0.1) is 0 Å². The summed E-state index contributed by atoms with van der Waals surface area (Å²) in [5, 5.41) is 0. The maximum Gasteiger partial charge on any atom is 0.306 e. The standard InChI is InChI=1S/C13H19O2/c1-8(14)15-13(2)11-4-9-3-10(6-11)7-12(13)5-9/h9-12H,1,3-7H2,2H3. The number of hydrogen-bond donors (Lipinski definition) is 0. The van der Waals surface area contributed by atoms with Crippen molar-refractivity contribution >= 4 is 5.97 Å². The van der Waals surface area contributed by atoms with E-state index in [9.17, 15) is 4.79 Å². The largest absolute Gasteiger partial charge is 0.459 e. The highest BCUT2D eigenvalue weighted by atomic mass is 16.6. The van der Waals surface area contributed by atoms with Gasteiger partial charge >= 0.3 is 5.97 Å². The molecule has 15 heavy (non-hydrogen) atoms. The zero-order chi connectivity index (χ0) is 10.6. The first-order valence-electron chi connectivity index (χ1n) is 6.13. The van der Waals surface area contributed by atoms with Crippen LogP contribution in [0.25, 0.3) is 0 Å². The van der Waals surface area contributed by atoms with E-state index in [1.54, 1.807) is 0 Å². The van der Waals surface area contributed by atoms with E-state index in [1.165, 1.54) is 32.1 Å². The van der Waals surface area contributed by atoms with Gasteiger partial charge in [-0.2, -0.15) is 0 Å². The third-order valence-corrected chi connectivity index (χ3v) is 5.09. The fraction of sp³-hybridized carbons (Fsp3) is 0.846. The van der Waals surface area contributed by atoms with Crippen LogP contribution in [0, 0.1) is 30.6 Å². The summed E-state index contributed by atoms with van der Waals surface area (Å²) >= 11 is 0. The monoisotopic (exact) mass is 207 g/mol. The molecule has 0 amide bonds. The summed E-state index contributed by atoms with van der Waals surface area (Å²) in [6, 6.07) is 0. The number of hydrogen-bond acceptors (Lipinski definition) is 2. The molecular formula is C13H19O2. The van der Waals surface area contributed by atoms with Gasteiger partial charge in [-0.3, -0.25) is 4.79 Å². The van der Waals surface area contributed by atoms with Gasteiger partial charge in [-0.05, 0) is 62.7 Å². The van der Waals surface area contributed by atoms with Gasteiger partial charge < -0.3 is 4.74 Å². The summed E-state index contributed by atoms with van der Waals surface area (Å²) in [6.45, 7) is 5.52. The number of esters is 1. The SMILES string of the molecule is [CH2]C(=O)OC1(C)C2CC3CC(C2)CC1C3. The predicted molar refractivity (Wildman–Crippen MR) is 56.9 cm³/mol. The van der Waals surface area contributed by atoms with Crippen LogP contribution in [0.2, 0.25) is 0 Å². The van der Waals surface area contributed by atoms with Crippen LogP contribution in [0.4, 0.5) is 0 Å². The van der Waals surface area contributed by atoms with Crippen LogP contribution in [0.15, 0.2) is 0 Å². The van der Waals surface area contributed by atoms with Crippen LogP contribution in [0.1, 0.15) is 39.0 Å². The summed E-state index contributed by atoms with van der Waals surface area (Å²) in [6.07, 6.45) is 6.53. The van der Waals surface area contributed by atoms with Crippen molar-refractivity contribution in [3.63, 3.8) is 0 Å². The molecule has 4 saturated carbocycles. The molecule has 83 valence electrons. The van der Waals surface area contributed by atoms with Crippen molar-refractivity contribution in [1.29, 1.82) is 0 Å². The van der Waals surface area contributed by atoms with Gasteiger partial charge in [0.05, 0.1) is 6.92 Å². The van der Waals surface area contributed by atoms with Crippen LogP contribution in [-0.2, 0) is 9.53 Å². The van der Waals surface area contributed by atoms with E-state index in [1.807, 2.05) is 0 Å². The lowest BCUT2D eigenvalue weighted by atomic mass is 9.50. The van der Waals surface area contributed by atoms with Gasteiger partial charge in [-0.25, -0.2) is 0 Å². The fourth-order valence-corrected chi connectivity index (χ4v) is 4.53. The third-order valence-electron chi connectivity index (χ3n) is 5.09. The van der Waals surface area contributed by atoms with E-state index >= 15 is 0 Å². The zero-order valence-electron chi connectivity index (χ0n) is 9.37. The van der Waals surface area contributed by atoms with Gasteiger partial charge in [0.2, 0.25) is 0 Å². The molecule has 0 aromatic rings. The average Bonchev–Trinajstić information content (AvgIpc) is 2.12. The Morgan fingerprint density at radius 3 is 2.00 bits per heavy atom. The lowest BCUT2D eigenvalue weighted by Gasteiger charge is -2.58. The van der Waals surface area contributed by atoms with Crippen molar-refractivity contribution in [2.75, 3.05) is 0 Å². The highest BCUT2D eigenvalue weighted by molar-refractivity contribution is 5.74. The molecule has 0 aromatic carbocycles. The predicted octanol–water partition coefficient (Wildman–Crippen LogP) is 2.58. The first-order chi connectivity index (χ1) is 7.08. The van der Waals surface area contributed by atoms with E-state index in [0.717, 1.165) is 11.8 Å². The second-order valence-corrected chi connectivity index (χ2v) is 5.96. The quantitative estimate of drug-likeness (QED) is 0.618. The maximum absolute atomic E-state index is 11.1. The van der Waals surface area contributed by atoms with Crippen molar-refractivity contribution < 1.29 is 9.53 Å². The number of carbonyl (C=O) groups excluding carboxylic acids is 1. The molecule has 0 saturated heterocycles. The number of ether oxygens (including phenoxy) is 1. The van der Waals surface area contributed by atoms with Crippen LogP contribution in [-0.4, -0.2) is 11.6 Å². The second kappa shape index (κ2) is 2.99. The minimum Gasteiger partial charge on any atom is -0.459 e. The molecule has 4 fully saturated rings. The summed E-state index contributed by atoms with van der Waals surface area (Å²) in [4.78, 5) is 11.1. The Morgan fingerprint density at radius 1 is 1.13 bits per heavy atom. The van der Waals surface area contributed by atoms with Crippen LogP contribution < -0.4 is 0 Å². The minimum absolute atomic E-state index is 0.188. The van der Waals surface area contributed by atoms with E-state index < -0.39 is 0 Å². The molecule has 0 heterocycles. The summed E-state index contributed by atoms with van der Waals surface area (Å²) in [7, 11) is 0. The van der Waals surface area contributed by atoms with Crippen molar-refractivity contribution in [2.45, 2.75) is 44.6 Å². The zero-order valence-corrected chi connectivity index (χ0v) is 9.37. The van der Waals surface area contributed by atoms with Crippen LogP contribution in [0.5, 0.6) is 0 Å². The van der Waals surface area contributed by atoms with E-state index in [4.69, 9.17) is 4.74 Å². The van der Waals surface area contributed by atoms with Crippen molar-refractivity contribution in [3.8, 4) is 0 Å². The molecule has 2 nitrogen and oxygen atoms in total. The molecule has 0 N–H and O–H groups in total. The van der Waals surface area contributed by atoms with Crippen molar-refractivity contribution in [1.82, 2.24) is 0 Å². The fourth-order valence-electron chi connectivity index (χ4n) is 4.53. The smallest absolute Gasteiger partial charge is 0.306 e. The molecule has 0 aromatic heterocycles. The highest BCUT2D eigenvalue weighted by Gasteiger charge is 2.56. The molecule has 4 aliphatic rings. The third kappa shape index (κ3) is 1.33. The van der Waals surface area contributed by atoms with Gasteiger partial charge in [0, 0.05) is 0 Å². The summed E-state index contributed by atoms with van der Waals surface area (Å²) < 4.78 is 5.56. The van der Waals surface area contributed by atoms with Crippen molar-refractivity contribution in [3.05, 3.63) is 6.92 Å². The molecular weight excluding hydrogens is 188 g/mol. The van der Waals surface area contributed by atoms with Crippen molar-refractivity contribution in [2.24, 2.45) is 23.7 Å². The highest BCUT2D eigenvalue weighted by Crippen LogP contribution is 2.59. The molecule has 0 aliphatic heterocycles. The Kier molecular flexibility index (Phi) is 1.93. The number of rotatable bonds is 1. The summed E-state index contributed by atoms with van der Waals surface area (Å²) in [5.74, 6) is 2.72. The Balaban J connectivity index is 1.87. The molecule has 4 aliphatic carbocycles. The van der Waals surface area contributed by atoms with E-state index in [-0.39, 0.29) is 11.6 Å². The van der Waals surface area contributed by atoms with E-state index in [0.29, 0.717) is 11.8 Å². The Bertz CT molecular complexity index is 267. The van der Waals surface area contributed by atoms with E-state index in [2.05, 4.69) is 13.8 Å². The van der Waals surface area contributed by atoms with Gasteiger partial charge in [0.15, 0.2) is 0 Å². The summed E-state index contributed by atoms with van der Waals surface area (Å²) in [5.41, 5.74) is -0.188. The topological polar surface area (TPSA) is 26.3 Å². The molecule has 0 atom stereocenters. The lowest BCUT2D eigenvalue weighted by Crippen LogP contribution is -2.57. The Labute approximate surface area is 91.4 Å². The van der Waals surface area contributed by atoms with Gasteiger partial charge in [0.25, 0.3) is 0 Å². The second-order valence-electron chi connectivity index (χ2n) is 5.96. The molecule has 4 rings (SSSR count). The molecule has 1 radical (unpaired) electrons. The molecule has 0 spiro atoms. The first-order valence-corrected chi connectivity index (χ1v) is 6.13. The average molecular weight is 207 g/mol. The van der Waals surface area contributed by atoms with Crippen LogP contribution in [0.3, 0.4) is 0 Å². The molecule has 4 bridgehead atoms. The maximum atomic E-state index is 11.1. The molecule has 2 heteroatoms. The Hall–Kier alpha value is -0.530. The first kappa shape index (κ1) is 9.68. The van der Waals surface area contributed by atoms with Crippen LogP contribution >= 0.6 is 0 Å². The number of carbonyl (C=O) groups is 1. The normalized spacial score (nSPS) is 51.9. The Morgan fingerprint density at radius 2 is 1.60 bits per heavy atom. The minimum atomic E-state index is -0.343. The van der Waals surface area contributed by atoms with Gasteiger partial charge in [0.1, 0.15) is 5.60 Å². The lowest BCUT2D eigenvalue weighted by molar-refractivity contribution is -0.198.